The maximum atomic E-state index is 12.3. The van der Waals surface area contributed by atoms with E-state index in [1.54, 1.807) is 6.92 Å². The number of hydrogen-bond donors (Lipinski definition) is 3. The number of aromatic nitrogens is 1. The summed E-state index contributed by atoms with van der Waals surface area (Å²) in [6, 6.07) is 16.3. The van der Waals surface area contributed by atoms with Crippen molar-refractivity contribution >= 4 is 29.3 Å². The number of nitrogens with one attached hydrogen (secondary N) is 2. The van der Waals surface area contributed by atoms with Crippen molar-refractivity contribution in [1.29, 1.82) is 0 Å². The van der Waals surface area contributed by atoms with Gasteiger partial charge in [-0.1, -0.05) is 55.5 Å². The largest absolute Gasteiger partial charge is 0.476 e. The summed E-state index contributed by atoms with van der Waals surface area (Å²) >= 11 is 1.26. The molecule has 1 aliphatic carbocycles. The van der Waals surface area contributed by atoms with Gasteiger partial charge in [-0.15, -0.1) is 11.3 Å². The van der Waals surface area contributed by atoms with E-state index < -0.39 is 12.1 Å². The molecule has 0 bridgehead atoms. The Hall–Kier alpha value is -3.72. The molecule has 0 spiro atoms. The second kappa shape index (κ2) is 11.1. The zero-order valence-electron chi connectivity index (χ0n) is 19.3. The SMILES string of the molecule is CC(CCNC(=O)OCC1c2ccccc2-c2ccccc21)C(=O)NCCc1nc(C(=O)O)cs1. The van der Waals surface area contributed by atoms with Crippen molar-refractivity contribution in [3.8, 4) is 11.1 Å². The van der Waals surface area contributed by atoms with E-state index in [0.717, 1.165) is 11.1 Å². The molecule has 0 saturated carbocycles. The number of carbonyl (C=O) groups is 3. The molecule has 8 nitrogen and oxygen atoms in total. The van der Waals surface area contributed by atoms with Crippen LogP contribution in [0, 0.1) is 5.92 Å². The monoisotopic (exact) mass is 493 g/mol. The molecule has 3 aromatic rings. The highest BCUT2D eigenvalue weighted by atomic mass is 32.1. The molecule has 0 saturated heterocycles. The maximum Gasteiger partial charge on any atom is 0.407 e. The van der Waals surface area contributed by atoms with E-state index in [0.29, 0.717) is 30.9 Å². The zero-order valence-corrected chi connectivity index (χ0v) is 20.1. The van der Waals surface area contributed by atoms with Crippen LogP contribution in [0.4, 0.5) is 4.79 Å². The van der Waals surface area contributed by atoms with Gasteiger partial charge in [0.1, 0.15) is 6.61 Å². The molecule has 1 atom stereocenters. The molecule has 9 heteroatoms. The molecule has 0 aliphatic heterocycles. The second-order valence-electron chi connectivity index (χ2n) is 8.41. The van der Waals surface area contributed by atoms with Crippen molar-refractivity contribution in [3.05, 3.63) is 75.7 Å². The minimum absolute atomic E-state index is 0.00210. The fourth-order valence-corrected chi connectivity index (χ4v) is 4.93. The van der Waals surface area contributed by atoms with E-state index >= 15 is 0 Å². The van der Waals surface area contributed by atoms with Crippen LogP contribution < -0.4 is 10.6 Å². The number of carbonyl (C=O) groups excluding carboxylic acids is 2. The average molecular weight is 494 g/mol. The van der Waals surface area contributed by atoms with Crippen LogP contribution in [0.15, 0.2) is 53.9 Å². The minimum Gasteiger partial charge on any atom is -0.476 e. The highest BCUT2D eigenvalue weighted by molar-refractivity contribution is 7.09. The van der Waals surface area contributed by atoms with Crippen LogP contribution in [0.2, 0.25) is 0 Å². The Morgan fingerprint density at radius 1 is 1.03 bits per heavy atom. The summed E-state index contributed by atoms with van der Waals surface area (Å²) in [4.78, 5) is 39.4. The number of thiazole rings is 1. The topological polar surface area (TPSA) is 118 Å². The number of carboxylic acid groups (broad SMARTS) is 1. The quantitative estimate of drug-likeness (QED) is 0.392. The van der Waals surface area contributed by atoms with Crippen molar-refractivity contribution in [2.24, 2.45) is 5.92 Å². The lowest BCUT2D eigenvalue weighted by atomic mass is 9.98. The highest BCUT2D eigenvalue weighted by Gasteiger charge is 2.29. The number of hydrogen-bond acceptors (Lipinski definition) is 6. The first-order valence-electron chi connectivity index (χ1n) is 11.5. The summed E-state index contributed by atoms with van der Waals surface area (Å²) < 4.78 is 5.52. The van der Waals surface area contributed by atoms with Crippen molar-refractivity contribution < 1.29 is 24.2 Å². The zero-order chi connectivity index (χ0) is 24.8. The number of fused-ring (bicyclic) bond motifs is 3. The van der Waals surface area contributed by atoms with Crippen molar-refractivity contribution in [3.63, 3.8) is 0 Å². The molecule has 1 heterocycles. The molecular formula is C26H27N3O5S. The minimum atomic E-state index is -1.06. The number of ether oxygens (including phenoxy) is 1. The van der Waals surface area contributed by atoms with Crippen LogP contribution >= 0.6 is 11.3 Å². The molecule has 1 aliphatic rings. The third kappa shape index (κ3) is 5.86. The van der Waals surface area contributed by atoms with E-state index in [1.165, 1.54) is 27.8 Å². The number of nitrogens with zero attached hydrogens (tertiary/aromatic N) is 1. The number of benzene rings is 2. The van der Waals surface area contributed by atoms with Gasteiger partial charge in [-0.3, -0.25) is 4.79 Å². The Morgan fingerprint density at radius 2 is 1.69 bits per heavy atom. The first kappa shape index (κ1) is 24.4. The molecule has 1 aromatic heterocycles. The van der Waals surface area contributed by atoms with Crippen LogP contribution in [0.1, 0.15) is 45.9 Å². The summed E-state index contributed by atoms with van der Waals surface area (Å²) in [5, 5.41) is 16.6. The summed E-state index contributed by atoms with van der Waals surface area (Å²) in [5.74, 6) is -1.49. The van der Waals surface area contributed by atoms with Crippen LogP contribution in [0.3, 0.4) is 0 Å². The lowest BCUT2D eigenvalue weighted by Gasteiger charge is -2.15. The van der Waals surface area contributed by atoms with Gasteiger partial charge >= 0.3 is 12.1 Å². The standard InChI is InChI=1S/C26H27N3O5S/c1-16(24(30)27-13-11-23-29-22(15-35-23)25(31)32)10-12-28-26(33)34-14-21-19-8-4-2-6-17(19)18-7-3-5-9-20(18)21/h2-9,15-16,21H,10-14H2,1H3,(H,27,30)(H,28,33)(H,31,32). The maximum absolute atomic E-state index is 12.3. The van der Waals surface area contributed by atoms with Crippen LogP contribution in [0.25, 0.3) is 11.1 Å². The van der Waals surface area contributed by atoms with Crippen LogP contribution in [-0.2, 0) is 16.0 Å². The van der Waals surface area contributed by atoms with Crippen LogP contribution in [-0.4, -0.2) is 47.8 Å². The van der Waals surface area contributed by atoms with E-state index in [9.17, 15) is 14.4 Å². The molecule has 2 amide bonds. The molecule has 0 radical (unpaired) electrons. The van der Waals surface area contributed by atoms with Gasteiger partial charge in [-0.25, -0.2) is 14.6 Å². The molecule has 0 fully saturated rings. The van der Waals surface area contributed by atoms with Gasteiger partial charge in [-0.05, 0) is 28.7 Å². The highest BCUT2D eigenvalue weighted by Crippen LogP contribution is 2.44. The van der Waals surface area contributed by atoms with Gasteiger partial charge in [0.2, 0.25) is 5.91 Å². The third-order valence-electron chi connectivity index (χ3n) is 6.05. The number of carboxylic acids is 1. The third-order valence-corrected chi connectivity index (χ3v) is 6.96. The number of rotatable bonds is 10. The molecule has 35 heavy (non-hydrogen) atoms. The molecule has 1 unspecified atom stereocenters. The van der Waals surface area contributed by atoms with Gasteiger partial charge in [0.05, 0.1) is 5.01 Å². The number of aromatic carboxylic acids is 1. The van der Waals surface area contributed by atoms with E-state index in [1.807, 2.05) is 24.3 Å². The Labute approximate surface area is 207 Å². The fraction of sp³-hybridized carbons (Fsp3) is 0.308. The molecule has 2 aromatic carbocycles. The Kier molecular flexibility index (Phi) is 7.77. The van der Waals surface area contributed by atoms with Gasteiger partial charge in [0.25, 0.3) is 0 Å². The number of amides is 2. The lowest BCUT2D eigenvalue weighted by molar-refractivity contribution is -0.124. The summed E-state index contributed by atoms with van der Waals surface area (Å²) in [5.41, 5.74) is 4.68. The van der Waals surface area contributed by atoms with Gasteiger partial charge in [-0.2, -0.15) is 0 Å². The van der Waals surface area contributed by atoms with E-state index in [2.05, 4.69) is 39.9 Å². The second-order valence-corrected chi connectivity index (χ2v) is 9.36. The first-order chi connectivity index (χ1) is 16.9. The smallest absolute Gasteiger partial charge is 0.407 e. The van der Waals surface area contributed by atoms with E-state index in [-0.39, 0.29) is 30.0 Å². The average Bonchev–Trinajstić information content (AvgIpc) is 3.46. The van der Waals surface area contributed by atoms with Gasteiger partial charge < -0.3 is 20.5 Å². The Morgan fingerprint density at radius 3 is 2.31 bits per heavy atom. The predicted molar refractivity (Wildman–Crippen MR) is 133 cm³/mol. The van der Waals surface area contributed by atoms with Crippen molar-refractivity contribution in [2.75, 3.05) is 19.7 Å². The summed E-state index contributed by atoms with van der Waals surface area (Å²) in [6.07, 6.45) is 0.433. The van der Waals surface area contributed by atoms with Crippen molar-refractivity contribution in [1.82, 2.24) is 15.6 Å². The summed E-state index contributed by atoms with van der Waals surface area (Å²) in [7, 11) is 0. The predicted octanol–water partition coefficient (Wildman–Crippen LogP) is 4.06. The Balaban J connectivity index is 1.17. The van der Waals surface area contributed by atoms with Crippen LogP contribution in [0.5, 0.6) is 0 Å². The number of alkyl carbamates (subject to hydrolysis) is 1. The molecular weight excluding hydrogens is 466 g/mol. The first-order valence-corrected chi connectivity index (χ1v) is 12.4. The lowest BCUT2D eigenvalue weighted by Crippen LogP contribution is -2.34. The fourth-order valence-electron chi connectivity index (χ4n) is 4.16. The van der Waals surface area contributed by atoms with Crippen molar-refractivity contribution in [2.45, 2.75) is 25.7 Å². The Bertz CT molecular complexity index is 1180. The molecule has 182 valence electrons. The molecule has 4 rings (SSSR count). The van der Waals surface area contributed by atoms with E-state index in [4.69, 9.17) is 9.84 Å². The summed E-state index contributed by atoms with van der Waals surface area (Å²) in [6.45, 7) is 2.73. The molecule has 3 N–H and O–H groups in total. The van der Waals surface area contributed by atoms with Gasteiger partial charge in [0, 0.05) is 36.7 Å². The van der Waals surface area contributed by atoms with Gasteiger partial charge in [0.15, 0.2) is 5.69 Å². The normalized spacial score (nSPS) is 12.9.